The summed E-state index contributed by atoms with van der Waals surface area (Å²) >= 11 is 11.5. The summed E-state index contributed by atoms with van der Waals surface area (Å²) in [6.45, 7) is 0.564. The molecule has 0 heterocycles. The molecule has 2 aromatic rings. The first-order valence-corrected chi connectivity index (χ1v) is 8.17. The SMILES string of the molecule is CN(Cc1ccc(Br)cc1)C(=O)c1cc(Cl)ccc1I. The van der Waals surface area contributed by atoms with E-state index in [0.29, 0.717) is 17.1 Å². The Labute approximate surface area is 145 Å². The van der Waals surface area contributed by atoms with Crippen LogP contribution in [0.3, 0.4) is 0 Å². The van der Waals surface area contributed by atoms with Crippen molar-refractivity contribution in [1.82, 2.24) is 4.90 Å². The van der Waals surface area contributed by atoms with Gasteiger partial charge in [-0.05, 0) is 58.5 Å². The lowest BCUT2D eigenvalue weighted by atomic mass is 10.1. The Bertz CT molecular complexity index is 630. The number of rotatable bonds is 3. The maximum absolute atomic E-state index is 12.4. The molecule has 0 aliphatic rings. The van der Waals surface area contributed by atoms with Crippen LogP contribution in [0.5, 0.6) is 0 Å². The first-order valence-electron chi connectivity index (χ1n) is 5.92. The summed E-state index contributed by atoms with van der Waals surface area (Å²) in [7, 11) is 1.79. The predicted molar refractivity (Wildman–Crippen MR) is 94.1 cm³/mol. The van der Waals surface area contributed by atoms with Crippen LogP contribution in [0.15, 0.2) is 46.9 Å². The van der Waals surface area contributed by atoms with Gasteiger partial charge in [-0.25, -0.2) is 0 Å². The van der Waals surface area contributed by atoms with E-state index < -0.39 is 0 Å². The molecule has 2 aromatic carbocycles. The van der Waals surface area contributed by atoms with E-state index in [0.717, 1.165) is 13.6 Å². The Morgan fingerprint density at radius 3 is 2.55 bits per heavy atom. The zero-order valence-electron chi connectivity index (χ0n) is 10.7. The second kappa shape index (κ2) is 6.91. The Balaban J connectivity index is 2.16. The van der Waals surface area contributed by atoms with Gasteiger partial charge in [0.05, 0.1) is 5.56 Å². The van der Waals surface area contributed by atoms with E-state index >= 15 is 0 Å². The number of carbonyl (C=O) groups excluding carboxylic acids is 1. The number of benzene rings is 2. The fourth-order valence-electron chi connectivity index (χ4n) is 1.80. The molecular formula is C15H12BrClINO. The van der Waals surface area contributed by atoms with Crippen LogP contribution >= 0.6 is 50.1 Å². The fourth-order valence-corrected chi connectivity index (χ4v) is 2.81. The summed E-state index contributed by atoms with van der Waals surface area (Å²) < 4.78 is 1.93. The van der Waals surface area contributed by atoms with E-state index in [1.54, 1.807) is 24.1 Å². The highest BCUT2D eigenvalue weighted by Gasteiger charge is 2.15. The summed E-state index contributed by atoms with van der Waals surface area (Å²) in [5, 5.41) is 0.575. The van der Waals surface area contributed by atoms with Crippen molar-refractivity contribution in [1.29, 1.82) is 0 Å². The normalized spacial score (nSPS) is 10.4. The molecule has 0 fully saturated rings. The lowest BCUT2D eigenvalue weighted by Gasteiger charge is -2.18. The second-order valence-corrected chi connectivity index (χ2v) is 6.93. The molecule has 0 aromatic heterocycles. The number of amides is 1. The van der Waals surface area contributed by atoms with Gasteiger partial charge in [-0.2, -0.15) is 0 Å². The van der Waals surface area contributed by atoms with Crippen molar-refractivity contribution >= 4 is 56.0 Å². The van der Waals surface area contributed by atoms with Crippen LogP contribution in [0.1, 0.15) is 15.9 Å². The minimum absolute atomic E-state index is 0.0279. The molecule has 0 radical (unpaired) electrons. The van der Waals surface area contributed by atoms with Crippen LogP contribution in [-0.4, -0.2) is 17.9 Å². The van der Waals surface area contributed by atoms with Gasteiger partial charge >= 0.3 is 0 Å². The molecule has 0 bridgehead atoms. The van der Waals surface area contributed by atoms with Crippen LogP contribution in [0.2, 0.25) is 5.02 Å². The van der Waals surface area contributed by atoms with Gasteiger partial charge in [-0.3, -0.25) is 4.79 Å². The molecule has 0 saturated carbocycles. The second-order valence-electron chi connectivity index (χ2n) is 4.41. The topological polar surface area (TPSA) is 20.3 Å². The Hall–Kier alpha value is -0.590. The first kappa shape index (κ1) is 15.8. The van der Waals surface area contributed by atoms with Crippen molar-refractivity contribution in [2.75, 3.05) is 7.05 Å². The standard InChI is InChI=1S/C15H12BrClINO/c1-19(9-10-2-4-11(16)5-3-10)15(20)13-8-12(17)6-7-14(13)18/h2-8H,9H2,1H3. The molecule has 20 heavy (non-hydrogen) atoms. The molecular weight excluding hydrogens is 452 g/mol. The number of hydrogen-bond acceptors (Lipinski definition) is 1. The fraction of sp³-hybridized carbons (Fsp3) is 0.133. The number of nitrogens with zero attached hydrogens (tertiary/aromatic N) is 1. The van der Waals surface area contributed by atoms with Crippen molar-refractivity contribution in [2.45, 2.75) is 6.54 Å². The molecule has 0 spiro atoms. The van der Waals surface area contributed by atoms with Crippen molar-refractivity contribution < 1.29 is 4.79 Å². The molecule has 0 atom stereocenters. The lowest BCUT2D eigenvalue weighted by Crippen LogP contribution is -2.26. The van der Waals surface area contributed by atoms with Crippen LogP contribution < -0.4 is 0 Å². The van der Waals surface area contributed by atoms with Gasteiger partial charge in [0.2, 0.25) is 0 Å². The summed E-state index contributed by atoms with van der Waals surface area (Å²) in [6.07, 6.45) is 0. The minimum atomic E-state index is -0.0279. The van der Waals surface area contributed by atoms with Crippen LogP contribution in [0.4, 0.5) is 0 Å². The zero-order valence-corrected chi connectivity index (χ0v) is 15.2. The number of halogens is 3. The number of hydrogen-bond donors (Lipinski definition) is 0. The highest BCUT2D eigenvalue weighted by atomic mass is 127. The van der Waals surface area contributed by atoms with E-state index in [2.05, 4.69) is 38.5 Å². The summed E-state index contributed by atoms with van der Waals surface area (Å²) in [5.41, 5.74) is 1.72. The Morgan fingerprint density at radius 1 is 1.25 bits per heavy atom. The highest BCUT2D eigenvalue weighted by Crippen LogP contribution is 2.20. The smallest absolute Gasteiger partial charge is 0.255 e. The average Bonchev–Trinajstić information content (AvgIpc) is 2.43. The molecule has 104 valence electrons. The third-order valence-electron chi connectivity index (χ3n) is 2.84. The molecule has 0 saturated heterocycles. The largest absolute Gasteiger partial charge is 0.337 e. The van der Waals surface area contributed by atoms with Gasteiger partial charge in [0, 0.05) is 26.7 Å². The molecule has 5 heteroatoms. The number of carbonyl (C=O) groups is 1. The van der Waals surface area contributed by atoms with Crippen LogP contribution in [-0.2, 0) is 6.54 Å². The third kappa shape index (κ3) is 3.96. The Morgan fingerprint density at radius 2 is 1.90 bits per heavy atom. The molecule has 0 aliphatic heterocycles. The quantitative estimate of drug-likeness (QED) is 0.587. The molecule has 0 N–H and O–H groups in total. The molecule has 2 nitrogen and oxygen atoms in total. The van der Waals surface area contributed by atoms with Gasteiger partial charge in [-0.1, -0.05) is 39.7 Å². The third-order valence-corrected chi connectivity index (χ3v) is 4.54. The van der Waals surface area contributed by atoms with Gasteiger partial charge in [0.15, 0.2) is 0 Å². The summed E-state index contributed by atoms with van der Waals surface area (Å²) in [6, 6.07) is 13.3. The van der Waals surface area contributed by atoms with Crippen molar-refractivity contribution in [3.63, 3.8) is 0 Å². The van der Waals surface area contributed by atoms with Gasteiger partial charge in [0.25, 0.3) is 5.91 Å². The zero-order chi connectivity index (χ0) is 14.7. The van der Waals surface area contributed by atoms with E-state index in [9.17, 15) is 4.79 Å². The predicted octanol–water partition coefficient (Wildman–Crippen LogP) is 4.98. The monoisotopic (exact) mass is 463 g/mol. The maximum Gasteiger partial charge on any atom is 0.255 e. The van der Waals surface area contributed by atoms with Crippen LogP contribution in [0.25, 0.3) is 0 Å². The van der Waals surface area contributed by atoms with Crippen molar-refractivity contribution in [3.8, 4) is 0 Å². The van der Waals surface area contributed by atoms with Crippen LogP contribution in [0, 0.1) is 3.57 Å². The molecule has 0 aliphatic carbocycles. The van der Waals surface area contributed by atoms with Gasteiger partial charge in [-0.15, -0.1) is 0 Å². The Kier molecular flexibility index (Phi) is 5.46. The maximum atomic E-state index is 12.4. The van der Waals surface area contributed by atoms with E-state index in [-0.39, 0.29) is 5.91 Å². The summed E-state index contributed by atoms with van der Waals surface area (Å²) in [4.78, 5) is 14.1. The average molecular weight is 465 g/mol. The molecule has 2 rings (SSSR count). The molecule has 1 amide bonds. The summed E-state index contributed by atoms with van der Waals surface area (Å²) in [5.74, 6) is -0.0279. The molecule has 0 unspecified atom stereocenters. The van der Waals surface area contributed by atoms with Crippen molar-refractivity contribution in [3.05, 3.63) is 66.7 Å². The first-order chi connectivity index (χ1) is 9.47. The van der Waals surface area contributed by atoms with E-state index in [1.165, 1.54) is 0 Å². The van der Waals surface area contributed by atoms with Crippen molar-refractivity contribution in [2.24, 2.45) is 0 Å². The van der Waals surface area contributed by atoms with Gasteiger partial charge < -0.3 is 4.90 Å². The minimum Gasteiger partial charge on any atom is -0.337 e. The van der Waals surface area contributed by atoms with E-state index in [4.69, 9.17) is 11.6 Å². The van der Waals surface area contributed by atoms with E-state index in [1.807, 2.05) is 30.3 Å². The lowest BCUT2D eigenvalue weighted by molar-refractivity contribution is 0.0784. The highest BCUT2D eigenvalue weighted by molar-refractivity contribution is 14.1. The van der Waals surface area contributed by atoms with Gasteiger partial charge in [0.1, 0.15) is 0 Å².